The standard InChI is InChI=1S/C17H13N3O5/c18-16(21)11-3-1-2-4-12(11)22-8-15-19-17(20-25-15)10-5-6-13-14(7-10)24-9-23-13/h1-7H,8-9H2,(H2,18,21). The Kier molecular flexibility index (Phi) is 3.70. The van der Waals surface area contributed by atoms with Crippen molar-refractivity contribution in [1.82, 2.24) is 10.1 Å². The quantitative estimate of drug-likeness (QED) is 0.758. The van der Waals surface area contributed by atoms with Gasteiger partial charge in [-0.05, 0) is 30.3 Å². The van der Waals surface area contributed by atoms with Gasteiger partial charge in [0.15, 0.2) is 18.1 Å². The number of para-hydroxylation sites is 1. The van der Waals surface area contributed by atoms with Gasteiger partial charge in [-0.15, -0.1) is 0 Å². The second-order valence-corrected chi connectivity index (χ2v) is 5.23. The lowest BCUT2D eigenvalue weighted by molar-refractivity contribution is 0.0995. The van der Waals surface area contributed by atoms with Gasteiger partial charge in [-0.25, -0.2) is 0 Å². The van der Waals surface area contributed by atoms with Crippen LogP contribution in [0, 0.1) is 0 Å². The van der Waals surface area contributed by atoms with Crippen LogP contribution in [0.15, 0.2) is 47.0 Å². The van der Waals surface area contributed by atoms with E-state index in [9.17, 15) is 4.79 Å². The average molecular weight is 339 g/mol. The van der Waals surface area contributed by atoms with Crippen molar-refractivity contribution >= 4 is 5.91 Å². The topological polar surface area (TPSA) is 110 Å². The molecule has 3 aromatic rings. The molecule has 0 saturated carbocycles. The Hall–Kier alpha value is -3.55. The SMILES string of the molecule is NC(=O)c1ccccc1OCc1nc(-c2ccc3c(c2)OCO3)no1. The molecule has 0 fully saturated rings. The molecule has 2 N–H and O–H groups in total. The second-order valence-electron chi connectivity index (χ2n) is 5.23. The third-order valence-electron chi connectivity index (χ3n) is 3.60. The van der Waals surface area contributed by atoms with Gasteiger partial charge in [0, 0.05) is 5.56 Å². The van der Waals surface area contributed by atoms with Crippen molar-refractivity contribution in [3.8, 4) is 28.6 Å². The molecule has 0 unspecified atom stereocenters. The number of fused-ring (bicyclic) bond motifs is 1. The Labute approximate surface area is 142 Å². The molecule has 0 atom stereocenters. The minimum Gasteiger partial charge on any atom is -0.483 e. The number of hydrogen-bond donors (Lipinski definition) is 1. The van der Waals surface area contributed by atoms with E-state index in [4.69, 9.17) is 24.5 Å². The fourth-order valence-corrected chi connectivity index (χ4v) is 2.40. The van der Waals surface area contributed by atoms with Crippen LogP contribution in [-0.2, 0) is 6.61 Å². The molecule has 25 heavy (non-hydrogen) atoms. The zero-order chi connectivity index (χ0) is 17.2. The molecule has 2 aromatic carbocycles. The second kappa shape index (κ2) is 6.16. The minimum absolute atomic E-state index is 0.0157. The van der Waals surface area contributed by atoms with Crippen LogP contribution < -0.4 is 19.9 Å². The first-order valence-electron chi connectivity index (χ1n) is 7.45. The molecular weight excluding hydrogens is 326 g/mol. The molecule has 1 amide bonds. The van der Waals surface area contributed by atoms with Crippen LogP contribution in [0.25, 0.3) is 11.4 Å². The highest BCUT2D eigenvalue weighted by Gasteiger charge is 2.17. The first-order valence-corrected chi connectivity index (χ1v) is 7.45. The summed E-state index contributed by atoms with van der Waals surface area (Å²) in [5.74, 6) is 1.78. The summed E-state index contributed by atoms with van der Waals surface area (Å²) in [6, 6.07) is 12.1. The maximum Gasteiger partial charge on any atom is 0.264 e. The van der Waals surface area contributed by atoms with Gasteiger partial charge in [0.25, 0.3) is 11.8 Å². The monoisotopic (exact) mass is 339 g/mol. The van der Waals surface area contributed by atoms with Crippen LogP contribution in [0.5, 0.6) is 17.2 Å². The van der Waals surface area contributed by atoms with E-state index in [1.54, 1.807) is 36.4 Å². The number of primary amides is 1. The Morgan fingerprint density at radius 1 is 1.16 bits per heavy atom. The first-order chi connectivity index (χ1) is 12.2. The molecule has 0 spiro atoms. The fraction of sp³-hybridized carbons (Fsp3) is 0.118. The average Bonchev–Trinajstić information content (AvgIpc) is 3.28. The summed E-state index contributed by atoms with van der Waals surface area (Å²) in [5, 5.41) is 3.93. The highest BCUT2D eigenvalue weighted by atomic mass is 16.7. The summed E-state index contributed by atoms with van der Waals surface area (Å²) in [5.41, 5.74) is 6.34. The van der Waals surface area contributed by atoms with Crippen LogP contribution in [-0.4, -0.2) is 22.8 Å². The Morgan fingerprint density at radius 3 is 2.88 bits per heavy atom. The minimum atomic E-state index is -0.567. The molecule has 0 bridgehead atoms. The number of carbonyl (C=O) groups excluding carboxylic acids is 1. The molecule has 0 aliphatic carbocycles. The van der Waals surface area contributed by atoms with Crippen molar-refractivity contribution in [1.29, 1.82) is 0 Å². The molecule has 8 nitrogen and oxygen atoms in total. The largest absolute Gasteiger partial charge is 0.483 e. The van der Waals surface area contributed by atoms with Crippen molar-refractivity contribution in [2.75, 3.05) is 6.79 Å². The van der Waals surface area contributed by atoms with Crippen molar-refractivity contribution in [2.24, 2.45) is 5.73 Å². The number of aromatic nitrogens is 2. The third kappa shape index (κ3) is 2.97. The Balaban J connectivity index is 1.50. The summed E-state index contributed by atoms with van der Waals surface area (Å²) < 4.78 is 21.4. The van der Waals surface area contributed by atoms with Gasteiger partial charge in [-0.2, -0.15) is 4.98 Å². The van der Waals surface area contributed by atoms with Gasteiger partial charge in [-0.1, -0.05) is 17.3 Å². The van der Waals surface area contributed by atoms with E-state index < -0.39 is 5.91 Å². The van der Waals surface area contributed by atoms with E-state index in [1.807, 2.05) is 6.07 Å². The van der Waals surface area contributed by atoms with E-state index in [1.165, 1.54) is 0 Å². The van der Waals surface area contributed by atoms with E-state index >= 15 is 0 Å². The number of amides is 1. The zero-order valence-corrected chi connectivity index (χ0v) is 13.0. The molecule has 1 aromatic heterocycles. The van der Waals surface area contributed by atoms with Gasteiger partial charge in [0.05, 0.1) is 5.56 Å². The molecule has 4 rings (SSSR count). The lowest BCUT2D eigenvalue weighted by atomic mass is 10.2. The predicted octanol–water partition coefficient (Wildman–Crippen LogP) is 2.14. The zero-order valence-electron chi connectivity index (χ0n) is 13.0. The molecule has 0 radical (unpaired) electrons. The molecule has 8 heteroatoms. The van der Waals surface area contributed by atoms with E-state index in [-0.39, 0.29) is 24.9 Å². The van der Waals surface area contributed by atoms with Crippen LogP contribution in [0.4, 0.5) is 0 Å². The molecule has 126 valence electrons. The summed E-state index contributed by atoms with van der Waals surface area (Å²) in [7, 11) is 0. The van der Waals surface area contributed by atoms with E-state index in [0.29, 0.717) is 23.1 Å². The Bertz CT molecular complexity index is 938. The summed E-state index contributed by atoms with van der Waals surface area (Å²) in [6.07, 6.45) is 0. The number of carbonyl (C=O) groups is 1. The lowest BCUT2D eigenvalue weighted by Crippen LogP contribution is -2.12. The molecule has 1 aliphatic rings. The smallest absolute Gasteiger partial charge is 0.264 e. The number of ether oxygens (including phenoxy) is 3. The Morgan fingerprint density at radius 2 is 2.00 bits per heavy atom. The van der Waals surface area contributed by atoms with E-state index in [0.717, 1.165) is 5.56 Å². The fourth-order valence-electron chi connectivity index (χ4n) is 2.40. The summed E-state index contributed by atoms with van der Waals surface area (Å²) in [6.45, 7) is 0.214. The van der Waals surface area contributed by atoms with Gasteiger partial charge >= 0.3 is 0 Å². The maximum absolute atomic E-state index is 11.4. The van der Waals surface area contributed by atoms with Gasteiger partial charge in [0.1, 0.15) is 5.75 Å². The van der Waals surface area contributed by atoms with Crippen LogP contribution in [0.2, 0.25) is 0 Å². The molecule has 0 saturated heterocycles. The van der Waals surface area contributed by atoms with E-state index in [2.05, 4.69) is 10.1 Å². The van der Waals surface area contributed by atoms with Crippen LogP contribution >= 0.6 is 0 Å². The van der Waals surface area contributed by atoms with Crippen LogP contribution in [0.3, 0.4) is 0 Å². The van der Waals surface area contributed by atoms with Crippen molar-refractivity contribution in [2.45, 2.75) is 6.61 Å². The molecule has 1 aliphatic heterocycles. The van der Waals surface area contributed by atoms with Crippen molar-refractivity contribution < 1.29 is 23.5 Å². The predicted molar refractivity (Wildman–Crippen MR) is 85.1 cm³/mol. The van der Waals surface area contributed by atoms with Crippen molar-refractivity contribution in [3.05, 3.63) is 53.9 Å². The number of rotatable bonds is 5. The third-order valence-corrected chi connectivity index (χ3v) is 3.60. The number of nitrogens with zero attached hydrogens (tertiary/aromatic N) is 2. The summed E-state index contributed by atoms with van der Waals surface area (Å²) >= 11 is 0. The first kappa shape index (κ1) is 15.0. The molecule has 2 heterocycles. The number of benzene rings is 2. The number of hydrogen-bond acceptors (Lipinski definition) is 7. The highest BCUT2D eigenvalue weighted by Crippen LogP contribution is 2.35. The van der Waals surface area contributed by atoms with Gasteiger partial charge in [-0.3, -0.25) is 4.79 Å². The summed E-state index contributed by atoms with van der Waals surface area (Å²) in [4.78, 5) is 15.7. The lowest BCUT2D eigenvalue weighted by Gasteiger charge is -2.06. The van der Waals surface area contributed by atoms with Crippen LogP contribution in [0.1, 0.15) is 16.2 Å². The number of nitrogens with two attached hydrogens (primary N) is 1. The normalized spacial score (nSPS) is 12.2. The molecular formula is C17H13N3O5. The van der Waals surface area contributed by atoms with Gasteiger partial charge in [0.2, 0.25) is 12.6 Å². The highest BCUT2D eigenvalue weighted by molar-refractivity contribution is 5.95. The van der Waals surface area contributed by atoms with Gasteiger partial charge < -0.3 is 24.5 Å². The maximum atomic E-state index is 11.4. The van der Waals surface area contributed by atoms with Crippen molar-refractivity contribution in [3.63, 3.8) is 0 Å².